The number of hydrogen-bond donors (Lipinski definition) is 1. The molecule has 1 N–H and O–H groups in total. The van der Waals surface area contributed by atoms with Gasteiger partial charge in [0, 0.05) is 24.8 Å². The zero-order chi connectivity index (χ0) is 13.3. The Labute approximate surface area is 111 Å². The standard InChI is InChI=1S/C11H15N3O2S2/c1-8-10(9(2)14(3)13-8)7-12-18(15,16)11-5-4-6-17-11/h4-6,12H,7H2,1-3H3. The molecule has 0 amide bonds. The van der Waals surface area contributed by atoms with Crippen molar-refractivity contribution < 1.29 is 8.42 Å². The van der Waals surface area contributed by atoms with Crippen molar-refractivity contribution >= 4 is 21.4 Å². The highest BCUT2D eigenvalue weighted by molar-refractivity contribution is 7.91. The zero-order valence-corrected chi connectivity index (χ0v) is 12.1. The molecule has 0 aliphatic rings. The van der Waals surface area contributed by atoms with E-state index in [0.717, 1.165) is 17.0 Å². The molecule has 2 heterocycles. The highest BCUT2D eigenvalue weighted by Gasteiger charge is 2.17. The first kappa shape index (κ1) is 13.3. The van der Waals surface area contributed by atoms with E-state index in [1.165, 1.54) is 11.3 Å². The summed E-state index contributed by atoms with van der Waals surface area (Å²) in [6.45, 7) is 4.07. The van der Waals surface area contributed by atoms with Gasteiger partial charge in [-0.05, 0) is 25.3 Å². The van der Waals surface area contributed by atoms with Crippen LogP contribution in [0, 0.1) is 13.8 Å². The van der Waals surface area contributed by atoms with Gasteiger partial charge in [-0.3, -0.25) is 4.68 Å². The lowest BCUT2D eigenvalue weighted by atomic mass is 10.2. The van der Waals surface area contributed by atoms with Crippen molar-refractivity contribution in [2.45, 2.75) is 24.6 Å². The van der Waals surface area contributed by atoms with Gasteiger partial charge >= 0.3 is 0 Å². The Balaban J connectivity index is 2.18. The number of aryl methyl sites for hydroxylation is 2. The minimum Gasteiger partial charge on any atom is -0.272 e. The van der Waals surface area contributed by atoms with Crippen LogP contribution in [-0.4, -0.2) is 18.2 Å². The van der Waals surface area contributed by atoms with Gasteiger partial charge in [-0.15, -0.1) is 11.3 Å². The third-order valence-electron chi connectivity index (χ3n) is 2.86. The first-order valence-electron chi connectivity index (χ1n) is 5.44. The van der Waals surface area contributed by atoms with E-state index in [9.17, 15) is 8.42 Å². The van der Waals surface area contributed by atoms with Crippen LogP contribution in [0.1, 0.15) is 17.0 Å². The molecule has 2 rings (SSSR count). The third kappa shape index (κ3) is 2.47. The Morgan fingerprint density at radius 2 is 2.17 bits per heavy atom. The molecule has 0 saturated heterocycles. The van der Waals surface area contributed by atoms with Crippen LogP contribution < -0.4 is 4.72 Å². The van der Waals surface area contributed by atoms with E-state index in [0.29, 0.717) is 4.21 Å². The van der Waals surface area contributed by atoms with Crippen LogP contribution in [0.4, 0.5) is 0 Å². The van der Waals surface area contributed by atoms with Crippen LogP contribution in [0.2, 0.25) is 0 Å². The molecular weight excluding hydrogens is 270 g/mol. The zero-order valence-electron chi connectivity index (χ0n) is 10.5. The summed E-state index contributed by atoms with van der Waals surface area (Å²) < 4.78 is 28.6. The van der Waals surface area contributed by atoms with Crippen LogP contribution >= 0.6 is 11.3 Å². The Hall–Kier alpha value is -1.18. The van der Waals surface area contributed by atoms with E-state index in [-0.39, 0.29) is 6.54 Å². The monoisotopic (exact) mass is 285 g/mol. The summed E-state index contributed by atoms with van der Waals surface area (Å²) in [6.07, 6.45) is 0. The second kappa shape index (κ2) is 4.83. The van der Waals surface area contributed by atoms with E-state index in [2.05, 4.69) is 9.82 Å². The van der Waals surface area contributed by atoms with Gasteiger partial charge < -0.3 is 0 Å². The van der Waals surface area contributed by atoms with Crippen molar-refractivity contribution in [1.29, 1.82) is 0 Å². The topological polar surface area (TPSA) is 64.0 Å². The summed E-state index contributed by atoms with van der Waals surface area (Å²) in [5, 5.41) is 6.00. The van der Waals surface area contributed by atoms with Crippen LogP contribution in [0.5, 0.6) is 0 Å². The maximum absolute atomic E-state index is 12.0. The average molecular weight is 285 g/mol. The van der Waals surface area contributed by atoms with Gasteiger partial charge in [0.25, 0.3) is 0 Å². The molecule has 0 saturated carbocycles. The maximum Gasteiger partial charge on any atom is 0.250 e. The molecule has 7 heteroatoms. The van der Waals surface area contributed by atoms with Gasteiger partial charge in [-0.2, -0.15) is 5.10 Å². The van der Waals surface area contributed by atoms with Gasteiger partial charge in [-0.1, -0.05) is 6.07 Å². The van der Waals surface area contributed by atoms with Crippen molar-refractivity contribution in [3.05, 3.63) is 34.5 Å². The first-order valence-corrected chi connectivity index (χ1v) is 7.80. The van der Waals surface area contributed by atoms with Crippen molar-refractivity contribution in [1.82, 2.24) is 14.5 Å². The molecule has 0 spiro atoms. The lowest BCUT2D eigenvalue weighted by Crippen LogP contribution is -2.23. The van der Waals surface area contributed by atoms with Gasteiger partial charge in [0.15, 0.2) is 0 Å². The molecule has 2 aromatic heterocycles. The molecule has 0 fully saturated rings. The second-order valence-electron chi connectivity index (χ2n) is 4.03. The summed E-state index contributed by atoms with van der Waals surface area (Å²) in [6, 6.07) is 3.32. The highest BCUT2D eigenvalue weighted by Crippen LogP contribution is 2.17. The fourth-order valence-electron chi connectivity index (χ4n) is 1.73. The molecule has 18 heavy (non-hydrogen) atoms. The molecule has 5 nitrogen and oxygen atoms in total. The summed E-state index contributed by atoms with van der Waals surface area (Å²) in [7, 11) is -1.56. The van der Waals surface area contributed by atoms with Crippen molar-refractivity contribution in [2.75, 3.05) is 0 Å². The Morgan fingerprint density at radius 3 is 2.67 bits per heavy atom. The summed E-state index contributed by atoms with van der Waals surface area (Å²) in [4.78, 5) is 0. The quantitative estimate of drug-likeness (QED) is 0.927. The fourth-order valence-corrected chi connectivity index (χ4v) is 3.76. The molecule has 0 bridgehead atoms. The summed E-state index contributed by atoms with van der Waals surface area (Å²) in [5.41, 5.74) is 2.75. The van der Waals surface area contributed by atoms with Crippen molar-refractivity contribution in [3.8, 4) is 0 Å². The van der Waals surface area contributed by atoms with Crippen LogP contribution in [0.3, 0.4) is 0 Å². The van der Waals surface area contributed by atoms with Crippen LogP contribution in [-0.2, 0) is 23.6 Å². The smallest absolute Gasteiger partial charge is 0.250 e. The molecule has 98 valence electrons. The molecule has 0 aliphatic heterocycles. The molecule has 0 unspecified atom stereocenters. The van der Waals surface area contributed by atoms with Gasteiger partial charge in [-0.25, -0.2) is 13.1 Å². The third-order valence-corrected chi connectivity index (χ3v) is 5.66. The molecule has 2 aromatic rings. The normalized spacial score (nSPS) is 11.9. The SMILES string of the molecule is Cc1nn(C)c(C)c1CNS(=O)(=O)c1cccs1. The average Bonchev–Trinajstić information content (AvgIpc) is 2.88. The van der Waals surface area contributed by atoms with Crippen LogP contribution in [0.15, 0.2) is 21.7 Å². The van der Waals surface area contributed by atoms with Crippen molar-refractivity contribution in [2.24, 2.45) is 7.05 Å². The minimum absolute atomic E-state index is 0.270. The number of nitrogens with zero attached hydrogens (tertiary/aromatic N) is 2. The fraction of sp³-hybridized carbons (Fsp3) is 0.364. The molecule has 0 aromatic carbocycles. The Morgan fingerprint density at radius 1 is 1.44 bits per heavy atom. The minimum atomic E-state index is -3.41. The largest absolute Gasteiger partial charge is 0.272 e. The molecule has 0 aliphatic carbocycles. The molecule has 0 radical (unpaired) electrons. The number of sulfonamides is 1. The predicted molar refractivity (Wildman–Crippen MR) is 71.0 cm³/mol. The summed E-state index contributed by atoms with van der Waals surface area (Å²) in [5.74, 6) is 0. The molecular formula is C11H15N3O2S2. The first-order chi connectivity index (χ1) is 8.42. The Bertz CT molecular complexity index is 642. The Kier molecular flexibility index (Phi) is 3.56. The summed E-state index contributed by atoms with van der Waals surface area (Å²) >= 11 is 1.21. The van der Waals surface area contributed by atoms with E-state index in [1.54, 1.807) is 22.2 Å². The lowest BCUT2D eigenvalue weighted by Gasteiger charge is -2.05. The van der Waals surface area contributed by atoms with E-state index in [1.807, 2.05) is 20.9 Å². The highest BCUT2D eigenvalue weighted by atomic mass is 32.2. The van der Waals surface area contributed by atoms with Crippen LogP contribution in [0.25, 0.3) is 0 Å². The molecule has 0 atom stereocenters. The lowest BCUT2D eigenvalue weighted by molar-refractivity contribution is 0.583. The van der Waals surface area contributed by atoms with E-state index < -0.39 is 10.0 Å². The van der Waals surface area contributed by atoms with E-state index >= 15 is 0 Å². The van der Waals surface area contributed by atoms with E-state index in [4.69, 9.17) is 0 Å². The van der Waals surface area contributed by atoms with Gasteiger partial charge in [0.2, 0.25) is 10.0 Å². The van der Waals surface area contributed by atoms with Crippen molar-refractivity contribution in [3.63, 3.8) is 0 Å². The number of hydrogen-bond acceptors (Lipinski definition) is 4. The predicted octanol–water partition coefficient (Wildman–Crippen LogP) is 1.58. The number of aromatic nitrogens is 2. The second-order valence-corrected chi connectivity index (χ2v) is 6.97. The number of nitrogens with one attached hydrogen (secondary N) is 1. The van der Waals surface area contributed by atoms with Gasteiger partial charge in [0.05, 0.1) is 5.69 Å². The maximum atomic E-state index is 12.0. The number of rotatable bonds is 4. The number of thiophene rings is 1. The van der Waals surface area contributed by atoms with Gasteiger partial charge in [0.1, 0.15) is 4.21 Å².